The van der Waals surface area contributed by atoms with Crippen molar-refractivity contribution in [2.45, 2.75) is 17.7 Å². The molecule has 1 unspecified atom stereocenters. The van der Waals surface area contributed by atoms with Crippen molar-refractivity contribution >= 4 is 32.7 Å². The number of hydrogen-bond acceptors (Lipinski definition) is 7. The maximum absolute atomic E-state index is 10.4. The van der Waals surface area contributed by atoms with E-state index < -0.39 is 11.1 Å². The molecule has 0 aliphatic heterocycles. The first kappa shape index (κ1) is 22.4. The number of ether oxygens (including phenoxy) is 3. The monoisotopic (exact) mass is 374 g/mol. The van der Waals surface area contributed by atoms with Gasteiger partial charge in [-0.05, 0) is 23.6 Å². The summed E-state index contributed by atoms with van der Waals surface area (Å²) < 4.78 is 36.8. The zero-order chi connectivity index (χ0) is 15.7. The van der Waals surface area contributed by atoms with Gasteiger partial charge < -0.3 is 18.8 Å². The molecule has 0 amide bonds. The minimum absolute atomic E-state index is 0. The van der Waals surface area contributed by atoms with Gasteiger partial charge >= 0.3 is 29.6 Å². The molecule has 9 heteroatoms. The number of rotatable bonds is 10. The van der Waals surface area contributed by atoms with Gasteiger partial charge in [-0.15, -0.1) is 0 Å². The standard InChI is InChI=1S/C13H20O5S3.Na/c1-16-10-8-11(17-2)13(12(9-10)18-3)20-19-6-4-5-7-21(14)15;/h8-9H,4-7H2,1-3H3,(H,14,15);/q;+1/p-1. The summed E-state index contributed by atoms with van der Waals surface area (Å²) in [5.41, 5.74) is 0. The van der Waals surface area contributed by atoms with E-state index in [1.165, 1.54) is 0 Å². The second-order valence-corrected chi connectivity index (χ2v) is 7.42. The molecule has 0 aromatic heterocycles. The maximum Gasteiger partial charge on any atom is 1.00 e. The quantitative estimate of drug-likeness (QED) is 0.249. The molecule has 120 valence electrons. The van der Waals surface area contributed by atoms with Gasteiger partial charge in [-0.1, -0.05) is 21.9 Å². The summed E-state index contributed by atoms with van der Waals surface area (Å²) in [5, 5.41) is 0. The SMILES string of the molecule is COc1cc(OC)c(SSCCCCS(=O)[O-])c(OC)c1.[Na+]. The molecule has 0 radical (unpaired) electrons. The smallest absolute Gasteiger partial charge is 0.772 e. The van der Waals surface area contributed by atoms with Crippen LogP contribution in [0.25, 0.3) is 0 Å². The Bertz CT molecular complexity index is 448. The Balaban J connectivity index is 0.00000441. The summed E-state index contributed by atoms with van der Waals surface area (Å²) in [5.74, 6) is 3.16. The minimum atomic E-state index is -1.94. The largest absolute Gasteiger partial charge is 1.00 e. The van der Waals surface area contributed by atoms with Gasteiger partial charge in [0, 0.05) is 23.6 Å². The average molecular weight is 374 g/mol. The number of hydrogen-bond donors (Lipinski definition) is 0. The van der Waals surface area contributed by atoms with Crippen LogP contribution in [0.2, 0.25) is 0 Å². The molecule has 1 aromatic rings. The van der Waals surface area contributed by atoms with E-state index in [2.05, 4.69) is 0 Å². The van der Waals surface area contributed by atoms with Crippen LogP contribution in [-0.2, 0) is 11.1 Å². The first-order chi connectivity index (χ1) is 10.1. The molecule has 1 aromatic carbocycles. The van der Waals surface area contributed by atoms with Crippen molar-refractivity contribution in [1.29, 1.82) is 0 Å². The van der Waals surface area contributed by atoms with E-state index in [0.29, 0.717) is 23.7 Å². The average Bonchev–Trinajstić information content (AvgIpc) is 2.49. The zero-order valence-corrected chi connectivity index (χ0v) is 17.7. The van der Waals surface area contributed by atoms with Gasteiger partial charge in [-0.3, -0.25) is 4.21 Å². The van der Waals surface area contributed by atoms with Crippen LogP contribution in [0.3, 0.4) is 0 Å². The molecule has 1 rings (SSSR count). The van der Waals surface area contributed by atoms with E-state index >= 15 is 0 Å². The van der Waals surface area contributed by atoms with Gasteiger partial charge in [0.15, 0.2) is 0 Å². The Hall–Kier alpha value is 0.430. The molecule has 0 aliphatic rings. The molecule has 5 nitrogen and oxygen atoms in total. The number of unbranched alkanes of at least 4 members (excludes halogenated alkanes) is 1. The Morgan fingerprint density at radius 3 is 2.14 bits per heavy atom. The van der Waals surface area contributed by atoms with Crippen LogP contribution in [0.5, 0.6) is 17.2 Å². The molecule has 1 atom stereocenters. The Morgan fingerprint density at radius 2 is 1.68 bits per heavy atom. The Kier molecular flexibility index (Phi) is 13.1. The normalized spacial score (nSPS) is 11.5. The topological polar surface area (TPSA) is 67.8 Å². The minimum Gasteiger partial charge on any atom is -0.772 e. The zero-order valence-electron chi connectivity index (χ0n) is 13.2. The fraction of sp³-hybridized carbons (Fsp3) is 0.538. The molecule has 0 aliphatic carbocycles. The molecular weight excluding hydrogens is 355 g/mol. The third-order valence-corrected chi connectivity index (χ3v) is 5.72. The van der Waals surface area contributed by atoms with Crippen molar-refractivity contribution in [2.75, 3.05) is 32.8 Å². The third kappa shape index (κ3) is 7.81. The second-order valence-electron chi connectivity index (χ2n) is 3.98. The van der Waals surface area contributed by atoms with Gasteiger partial charge in [0.05, 0.1) is 21.3 Å². The predicted octanol–water partition coefficient (Wildman–Crippen LogP) is 0.116. The van der Waals surface area contributed by atoms with Crippen LogP contribution in [0.1, 0.15) is 12.8 Å². The molecule has 0 N–H and O–H groups in total. The van der Waals surface area contributed by atoms with Crippen molar-refractivity contribution in [2.24, 2.45) is 0 Å². The summed E-state index contributed by atoms with van der Waals surface area (Å²) in [6, 6.07) is 3.62. The van der Waals surface area contributed by atoms with Crippen molar-refractivity contribution in [1.82, 2.24) is 0 Å². The second kappa shape index (κ2) is 12.8. The van der Waals surface area contributed by atoms with Crippen LogP contribution in [0, 0.1) is 0 Å². The van der Waals surface area contributed by atoms with Crippen LogP contribution in [0.4, 0.5) is 0 Å². The molecule has 0 spiro atoms. The molecule has 0 saturated carbocycles. The fourth-order valence-corrected chi connectivity index (χ4v) is 4.40. The van der Waals surface area contributed by atoms with E-state index in [9.17, 15) is 8.76 Å². The van der Waals surface area contributed by atoms with Gasteiger partial charge in [0.2, 0.25) is 0 Å². The van der Waals surface area contributed by atoms with E-state index in [-0.39, 0.29) is 35.3 Å². The van der Waals surface area contributed by atoms with Gasteiger partial charge in [-0.25, -0.2) is 0 Å². The number of methoxy groups -OCH3 is 3. The molecule has 0 saturated heterocycles. The van der Waals surface area contributed by atoms with Crippen LogP contribution in [-0.4, -0.2) is 41.6 Å². The molecule has 0 heterocycles. The van der Waals surface area contributed by atoms with Crippen LogP contribution < -0.4 is 43.8 Å². The molecular formula is C13H19NaO5S3. The molecule has 0 bridgehead atoms. The Morgan fingerprint density at radius 1 is 1.09 bits per heavy atom. The van der Waals surface area contributed by atoms with E-state index in [1.807, 2.05) is 12.1 Å². The first-order valence-corrected chi connectivity index (χ1v) is 9.84. The summed E-state index contributed by atoms with van der Waals surface area (Å²) in [6.07, 6.45) is 1.53. The van der Waals surface area contributed by atoms with Gasteiger partial charge in [-0.2, -0.15) is 0 Å². The number of benzene rings is 1. The van der Waals surface area contributed by atoms with E-state index in [0.717, 1.165) is 17.1 Å². The van der Waals surface area contributed by atoms with Crippen LogP contribution >= 0.6 is 21.6 Å². The molecule has 22 heavy (non-hydrogen) atoms. The van der Waals surface area contributed by atoms with E-state index in [1.54, 1.807) is 42.9 Å². The van der Waals surface area contributed by atoms with Crippen LogP contribution in [0.15, 0.2) is 17.0 Å². The maximum atomic E-state index is 10.4. The molecule has 0 fully saturated rings. The third-order valence-electron chi connectivity index (χ3n) is 2.60. The van der Waals surface area contributed by atoms with Crippen molar-refractivity contribution in [3.63, 3.8) is 0 Å². The van der Waals surface area contributed by atoms with Gasteiger partial charge in [0.1, 0.15) is 22.1 Å². The first-order valence-electron chi connectivity index (χ1n) is 6.27. The van der Waals surface area contributed by atoms with Crippen molar-refractivity contribution in [3.05, 3.63) is 12.1 Å². The van der Waals surface area contributed by atoms with E-state index in [4.69, 9.17) is 14.2 Å². The van der Waals surface area contributed by atoms with Gasteiger partial charge in [0.25, 0.3) is 0 Å². The summed E-state index contributed by atoms with van der Waals surface area (Å²) in [7, 11) is 8.00. The summed E-state index contributed by atoms with van der Waals surface area (Å²) in [4.78, 5) is 0.901. The summed E-state index contributed by atoms with van der Waals surface area (Å²) >= 11 is -1.94. The fourth-order valence-electron chi connectivity index (χ4n) is 1.54. The van der Waals surface area contributed by atoms with Crippen molar-refractivity contribution in [3.8, 4) is 17.2 Å². The van der Waals surface area contributed by atoms with Crippen molar-refractivity contribution < 1.29 is 52.5 Å². The Labute approximate surface area is 164 Å². The summed E-state index contributed by atoms with van der Waals surface area (Å²) in [6.45, 7) is 0. The predicted molar refractivity (Wildman–Crippen MR) is 87.4 cm³/mol.